The number of furan rings is 1. The van der Waals surface area contributed by atoms with Crippen LogP contribution in [0.3, 0.4) is 0 Å². The molecule has 0 atom stereocenters. The fourth-order valence-corrected chi connectivity index (χ4v) is 1.79. The molecular formula is C14H16N2O2. The van der Waals surface area contributed by atoms with Crippen LogP contribution in [-0.4, -0.2) is 17.9 Å². The number of nitrogens with zero attached hydrogens (tertiary/aromatic N) is 1. The molecule has 4 heteroatoms. The number of anilines is 1. The van der Waals surface area contributed by atoms with E-state index in [9.17, 15) is 4.79 Å². The molecule has 0 spiro atoms. The number of amides is 1. The lowest BCUT2D eigenvalue weighted by Crippen LogP contribution is -2.26. The molecule has 1 amide bonds. The molecule has 0 saturated heterocycles. The highest BCUT2D eigenvalue weighted by atomic mass is 16.3. The molecular weight excluding hydrogens is 228 g/mol. The summed E-state index contributed by atoms with van der Waals surface area (Å²) in [6.07, 6.45) is 1.63. The van der Waals surface area contributed by atoms with Gasteiger partial charge in [-0.15, -0.1) is 0 Å². The summed E-state index contributed by atoms with van der Waals surface area (Å²) in [5.74, 6) is 0.783. The Morgan fingerprint density at radius 1 is 1.39 bits per heavy atom. The van der Waals surface area contributed by atoms with E-state index in [2.05, 4.69) is 0 Å². The second kappa shape index (κ2) is 4.96. The van der Waals surface area contributed by atoms with Crippen LogP contribution in [0.15, 0.2) is 41.0 Å². The van der Waals surface area contributed by atoms with Gasteiger partial charge in [0.1, 0.15) is 5.76 Å². The van der Waals surface area contributed by atoms with Gasteiger partial charge in [-0.05, 0) is 31.2 Å². The van der Waals surface area contributed by atoms with Crippen LogP contribution in [0, 0.1) is 6.92 Å². The van der Waals surface area contributed by atoms with E-state index in [1.807, 2.05) is 13.0 Å². The van der Waals surface area contributed by atoms with Crippen molar-refractivity contribution in [1.29, 1.82) is 0 Å². The highest BCUT2D eigenvalue weighted by Gasteiger charge is 2.13. The second-order valence-corrected chi connectivity index (χ2v) is 4.29. The predicted octanol–water partition coefficient (Wildman–Crippen LogP) is 2.44. The normalized spacial score (nSPS) is 10.3. The van der Waals surface area contributed by atoms with Gasteiger partial charge in [0, 0.05) is 30.4 Å². The number of aryl methyl sites for hydroxylation is 1. The topological polar surface area (TPSA) is 59.5 Å². The number of carbonyl (C=O) groups excluding carboxylic acids is 1. The molecule has 1 heterocycles. The lowest BCUT2D eigenvalue weighted by Gasteiger charge is -2.17. The Kier molecular flexibility index (Phi) is 3.37. The molecule has 0 aliphatic carbocycles. The molecule has 0 radical (unpaired) electrons. The largest absolute Gasteiger partial charge is 0.469 e. The van der Waals surface area contributed by atoms with Crippen molar-refractivity contribution in [1.82, 2.24) is 4.90 Å². The van der Waals surface area contributed by atoms with E-state index < -0.39 is 0 Å². The van der Waals surface area contributed by atoms with Crippen LogP contribution in [0.5, 0.6) is 0 Å². The van der Waals surface area contributed by atoms with E-state index in [-0.39, 0.29) is 5.91 Å². The van der Waals surface area contributed by atoms with E-state index in [4.69, 9.17) is 10.2 Å². The number of nitrogens with two attached hydrogens (primary N) is 1. The van der Waals surface area contributed by atoms with E-state index in [0.29, 0.717) is 17.8 Å². The lowest BCUT2D eigenvalue weighted by molar-refractivity contribution is 0.0784. The van der Waals surface area contributed by atoms with E-state index >= 15 is 0 Å². The average molecular weight is 244 g/mol. The molecule has 1 aromatic heterocycles. The molecule has 2 N–H and O–H groups in total. The molecule has 0 saturated carbocycles. The number of nitrogen functional groups attached to an aromatic ring is 1. The Bertz CT molecular complexity index is 560. The van der Waals surface area contributed by atoms with Gasteiger partial charge in [0.25, 0.3) is 5.91 Å². The summed E-state index contributed by atoms with van der Waals surface area (Å²) in [6, 6.07) is 8.85. The third kappa shape index (κ3) is 2.53. The van der Waals surface area contributed by atoms with Crippen LogP contribution in [0.1, 0.15) is 21.7 Å². The summed E-state index contributed by atoms with van der Waals surface area (Å²) in [5, 5.41) is 0. The summed E-state index contributed by atoms with van der Waals surface area (Å²) in [5.41, 5.74) is 7.87. The van der Waals surface area contributed by atoms with Gasteiger partial charge >= 0.3 is 0 Å². The Hall–Kier alpha value is -2.23. The molecule has 0 unspecified atom stereocenters. The van der Waals surface area contributed by atoms with Crippen LogP contribution >= 0.6 is 0 Å². The highest BCUT2D eigenvalue weighted by Crippen LogP contribution is 2.14. The van der Waals surface area contributed by atoms with Crippen molar-refractivity contribution in [2.45, 2.75) is 13.5 Å². The summed E-state index contributed by atoms with van der Waals surface area (Å²) in [6.45, 7) is 2.41. The van der Waals surface area contributed by atoms with E-state index in [1.165, 1.54) is 0 Å². The number of benzene rings is 1. The van der Waals surface area contributed by atoms with Crippen LogP contribution in [0.4, 0.5) is 5.69 Å². The van der Waals surface area contributed by atoms with Crippen molar-refractivity contribution in [2.24, 2.45) is 0 Å². The van der Waals surface area contributed by atoms with Crippen molar-refractivity contribution in [3.63, 3.8) is 0 Å². The highest BCUT2D eigenvalue weighted by molar-refractivity contribution is 5.94. The molecule has 0 aliphatic heterocycles. The first-order chi connectivity index (χ1) is 8.58. The van der Waals surface area contributed by atoms with Gasteiger partial charge in [0.15, 0.2) is 0 Å². The van der Waals surface area contributed by atoms with Crippen LogP contribution in [0.2, 0.25) is 0 Å². The summed E-state index contributed by atoms with van der Waals surface area (Å²) in [4.78, 5) is 13.8. The zero-order valence-corrected chi connectivity index (χ0v) is 10.5. The standard InChI is InChI=1S/C14H16N2O2/c1-10-12(6-7-18-10)9-16(2)14(17)11-4-3-5-13(15)8-11/h3-8H,9,15H2,1-2H3. The summed E-state index contributed by atoms with van der Waals surface area (Å²) < 4.78 is 5.21. The Balaban J connectivity index is 2.12. The second-order valence-electron chi connectivity index (χ2n) is 4.29. The van der Waals surface area contributed by atoms with Crippen LogP contribution in [0.25, 0.3) is 0 Å². The smallest absolute Gasteiger partial charge is 0.253 e. The summed E-state index contributed by atoms with van der Waals surface area (Å²) >= 11 is 0. The Labute approximate surface area is 106 Å². The number of rotatable bonds is 3. The molecule has 94 valence electrons. The Morgan fingerprint density at radius 2 is 2.17 bits per heavy atom. The lowest BCUT2D eigenvalue weighted by atomic mass is 10.1. The van der Waals surface area contributed by atoms with Gasteiger partial charge in [-0.2, -0.15) is 0 Å². The maximum Gasteiger partial charge on any atom is 0.253 e. The van der Waals surface area contributed by atoms with Gasteiger partial charge in [-0.1, -0.05) is 6.07 Å². The molecule has 0 bridgehead atoms. The molecule has 0 fully saturated rings. The number of carbonyl (C=O) groups is 1. The monoisotopic (exact) mass is 244 g/mol. The fourth-order valence-electron chi connectivity index (χ4n) is 1.79. The first kappa shape index (κ1) is 12.2. The van der Waals surface area contributed by atoms with Gasteiger partial charge in [0.05, 0.1) is 6.26 Å². The fraction of sp³-hybridized carbons (Fsp3) is 0.214. The number of hydrogen-bond acceptors (Lipinski definition) is 3. The minimum atomic E-state index is -0.0529. The Morgan fingerprint density at radius 3 is 2.78 bits per heavy atom. The SMILES string of the molecule is Cc1occc1CN(C)C(=O)c1cccc(N)c1. The maximum absolute atomic E-state index is 12.2. The zero-order chi connectivity index (χ0) is 13.1. The van der Waals surface area contributed by atoms with Crippen molar-refractivity contribution in [3.8, 4) is 0 Å². The predicted molar refractivity (Wildman–Crippen MR) is 70.1 cm³/mol. The van der Waals surface area contributed by atoms with Crippen LogP contribution in [-0.2, 0) is 6.54 Å². The minimum Gasteiger partial charge on any atom is -0.469 e. The molecule has 0 aliphatic rings. The quantitative estimate of drug-likeness (QED) is 0.844. The third-order valence-corrected chi connectivity index (χ3v) is 2.85. The minimum absolute atomic E-state index is 0.0529. The molecule has 4 nitrogen and oxygen atoms in total. The number of hydrogen-bond donors (Lipinski definition) is 1. The first-order valence-electron chi connectivity index (χ1n) is 5.72. The molecule has 18 heavy (non-hydrogen) atoms. The molecule has 2 rings (SSSR count). The van der Waals surface area contributed by atoms with Gasteiger partial charge in [-0.25, -0.2) is 0 Å². The van der Waals surface area contributed by atoms with Crippen molar-refractivity contribution < 1.29 is 9.21 Å². The van der Waals surface area contributed by atoms with Crippen LogP contribution < -0.4 is 5.73 Å². The van der Waals surface area contributed by atoms with Gasteiger partial charge < -0.3 is 15.1 Å². The maximum atomic E-state index is 12.2. The average Bonchev–Trinajstić information content (AvgIpc) is 2.74. The van der Waals surface area contributed by atoms with Crippen molar-refractivity contribution >= 4 is 11.6 Å². The van der Waals surface area contributed by atoms with E-state index in [0.717, 1.165) is 11.3 Å². The van der Waals surface area contributed by atoms with Gasteiger partial charge in [-0.3, -0.25) is 4.79 Å². The first-order valence-corrected chi connectivity index (χ1v) is 5.72. The summed E-state index contributed by atoms with van der Waals surface area (Å²) in [7, 11) is 1.76. The van der Waals surface area contributed by atoms with E-state index in [1.54, 1.807) is 42.5 Å². The van der Waals surface area contributed by atoms with Crippen molar-refractivity contribution in [2.75, 3.05) is 12.8 Å². The van der Waals surface area contributed by atoms with Crippen molar-refractivity contribution in [3.05, 3.63) is 53.5 Å². The molecule has 2 aromatic rings. The zero-order valence-electron chi connectivity index (χ0n) is 10.5. The third-order valence-electron chi connectivity index (χ3n) is 2.85. The van der Waals surface area contributed by atoms with Gasteiger partial charge in [0.2, 0.25) is 0 Å². The molecule has 1 aromatic carbocycles.